The number of benzene rings is 1. The van der Waals surface area contributed by atoms with Crippen LogP contribution in [0.15, 0.2) is 17.0 Å². The van der Waals surface area contributed by atoms with Crippen LogP contribution in [0, 0.1) is 23.0 Å². The maximum Gasteiger partial charge on any atom is 0.335 e. The molecule has 0 amide bonds. The number of hydrogen-bond donors (Lipinski definition) is 1. The fourth-order valence-corrected chi connectivity index (χ4v) is 2.31. The number of aromatic carboxylic acids is 1. The van der Waals surface area contributed by atoms with Crippen molar-refractivity contribution < 1.29 is 27.1 Å². The van der Waals surface area contributed by atoms with Crippen LogP contribution in [0.5, 0.6) is 0 Å². The predicted octanol–water partition coefficient (Wildman–Crippen LogP) is 1.35. The molecule has 18 heavy (non-hydrogen) atoms. The van der Waals surface area contributed by atoms with Crippen LogP contribution in [0.3, 0.4) is 0 Å². The van der Waals surface area contributed by atoms with E-state index in [9.17, 15) is 22.0 Å². The summed E-state index contributed by atoms with van der Waals surface area (Å²) >= 11 is 0. The molecule has 0 heterocycles. The minimum atomic E-state index is -4.44. The van der Waals surface area contributed by atoms with Gasteiger partial charge in [-0.1, -0.05) is 0 Å². The highest BCUT2D eigenvalue weighted by Crippen LogP contribution is 2.23. The maximum atomic E-state index is 13.4. The number of hydrogen-bond acceptors (Lipinski definition) is 4. The van der Waals surface area contributed by atoms with E-state index in [2.05, 4.69) is 0 Å². The Kier molecular flexibility index (Phi) is 3.67. The first-order valence-corrected chi connectivity index (χ1v) is 6.12. The predicted molar refractivity (Wildman–Crippen MR) is 55.6 cm³/mol. The number of nitrogens with zero attached hydrogens (tertiary/aromatic N) is 1. The number of carboxylic acids is 1. The molecule has 0 spiro atoms. The number of nitriles is 1. The molecule has 1 rings (SSSR count). The number of halogens is 2. The molecule has 0 aliphatic carbocycles. The van der Waals surface area contributed by atoms with Gasteiger partial charge in [-0.3, -0.25) is 0 Å². The second kappa shape index (κ2) is 4.70. The van der Waals surface area contributed by atoms with Gasteiger partial charge in [-0.15, -0.1) is 0 Å². The average Bonchev–Trinajstić information content (AvgIpc) is 2.30. The fraction of sp³-hybridized carbons (Fsp3) is 0.200. The molecule has 0 fully saturated rings. The molecule has 1 atom stereocenters. The molecule has 0 aliphatic heterocycles. The number of rotatable bonds is 3. The lowest BCUT2D eigenvalue weighted by Gasteiger charge is -2.08. The van der Waals surface area contributed by atoms with Crippen LogP contribution < -0.4 is 0 Å². The summed E-state index contributed by atoms with van der Waals surface area (Å²) in [6, 6.07) is 2.23. The Bertz CT molecular complexity index is 649. The third kappa shape index (κ3) is 2.31. The third-order valence-electron chi connectivity index (χ3n) is 2.20. The van der Waals surface area contributed by atoms with Crippen LogP contribution in [-0.2, 0) is 9.84 Å². The quantitative estimate of drug-likeness (QED) is 0.898. The van der Waals surface area contributed by atoms with Gasteiger partial charge in [-0.25, -0.2) is 22.0 Å². The van der Waals surface area contributed by atoms with Gasteiger partial charge in [-0.05, 0) is 19.1 Å². The molecule has 1 aromatic carbocycles. The molecule has 1 aromatic rings. The van der Waals surface area contributed by atoms with Gasteiger partial charge in [0.25, 0.3) is 0 Å². The first-order valence-electron chi connectivity index (χ1n) is 4.57. The van der Waals surface area contributed by atoms with Crippen LogP contribution in [0.25, 0.3) is 0 Å². The van der Waals surface area contributed by atoms with Gasteiger partial charge in [0, 0.05) is 0 Å². The summed E-state index contributed by atoms with van der Waals surface area (Å²) < 4.78 is 49.9. The third-order valence-corrected chi connectivity index (χ3v) is 4.14. The van der Waals surface area contributed by atoms with Crippen molar-refractivity contribution in [3.05, 3.63) is 29.3 Å². The summed E-state index contributed by atoms with van der Waals surface area (Å²) in [5.74, 6) is -4.89. The molecule has 1 unspecified atom stereocenters. The van der Waals surface area contributed by atoms with E-state index in [1.807, 2.05) is 0 Å². The monoisotopic (exact) mass is 275 g/mol. The first-order chi connectivity index (χ1) is 8.21. The summed E-state index contributed by atoms with van der Waals surface area (Å²) in [4.78, 5) is 9.50. The molecule has 0 aliphatic rings. The zero-order valence-corrected chi connectivity index (χ0v) is 9.83. The molecule has 0 saturated heterocycles. The van der Waals surface area contributed by atoms with Crippen molar-refractivity contribution in [2.75, 3.05) is 0 Å². The summed E-state index contributed by atoms with van der Waals surface area (Å²) in [7, 11) is -4.44. The van der Waals surface area contributed by atoms with Crippen molar-refractivity contribution in [3.8, 4) is 6.07 Å². The number of carboxylic acid groups (broad SMARTS) is 1. The minimum Gasteiger partial charge on any atom is -0.478 e. The van der Waals surface area contributed by atoms with Crippen molar-refractivity contribution in [2.24, 2.45) is 0 Å². The second-order valence-corrected chi connectivity index (χ2v) is 5.63. The second-order valence-electron chi connectivity index (χ2n) is 3.39. The maximum absolute atomic E-state index is 13.4. The largest absolute Gasteiger partial charge is 0.478 e. The fourth-order valence-electron chi connectivity index (χ4n) is 1.15. The molecule has 0 aromatic heterocycles. The average molecular weight is 275 g/mol. The topological polar surface area (TPSA) is 95.2 Å². The van der Waals surface area contributed by atoms with E-state index in [1.165, 1.54) is 6.07 Å². The zero-order chi connectivity index (χ0) is 14.1. The lowest BCUT2D eigenvalue weighted by molar-refractivity contribution is 0.0696. The van der Waals surface area contributed by atoms with Crippen molar-refractivity contribution in [1.82, 2.24) is 0 Å². The van der Waals surface area contributed by atoms with E-state index in [4.69, 9.17) is 10.4 Å². The van der Waals surface area contributed by atoms with E-state index < -0.39 is 43.1 Å². The smallest absolute Gasteiger partial charge is 0.335 e. The Hall–Kier alpha value is -2.01. The molecule has 0 bridgehead atoms. The van der Waals surface area contributed by atoms with Crippen LogP contribution in [0.1, 0.15) is 17.3 Å². The molecule has 0 saturated carbocycles. The van der Waals surface area contributed by atoms with E-state index >= 15 is 0 Å². The Morgan fingerprint density at radius 2 is 2.00 bits per heavy atom. The van der Waals surface area contributed by atoms with Gasteiger partial charge in [0.05, 0.1) is 11.6 Å². The first kappa shape index (κ1) is 14.1. The van der Waals surface area contributed by atoms with Gasteiger partial charge in [-0.2, -0.15) is 5.26 Å². The van der Waals surface area contributed by atoms with E-state index in [-0.39, 0.29) is 0 Å². The summed E-state index contributed by atoms with van der Waals surface area (Å²) in [6.45, 7) is 0.986. The molecule has 1 N–H and O–H groups in total. The van der Waals surface area contributed by atoms with Crippen molar-refractivity contribution in [3.63, 3.8) is 0 Å². The Labute approximate surface area is 101 Å². The summed E-state index contributed by atoms with van der Waals surface area (Å²) in [6.07, 6.45) is 0. The lowest BCUT2D eigenvalue weighted by atomic mass is 10.2. The Morgan fingerprint density at radius 3 is 2.44 bits per heavy atom. The molecule has 5 nitrogen and oxygen atoms in total. The molecule has 8 heteroatoms. The molecular weight excluding hydrogens is 268 g/mol. The highest BCUT2D eigenvalue weighted by atomic mass is 32.2. The van der Waals surface area contributed by atoms with Crippen LogP contribution in [0.2, 0.25) is 0 Å². The van der Waals surface area contributed by atoms with Gasteiger partial charge in [0.2, 0.25) is 0 Å². The summed E-state index contributed by atoms with van der Waals surface area (Å²) in [5.41, 5.74) is -0.711. The Morgan fingerprint density at radius 1 is 1.44 bits per heavy atom. The molecule has 0 radical (unpaired) electrons. The molecule has 96 valence electrons. The van der Waals surface area contributed by atoms with Crippen LogP contribution in [-0.4, -0.2) is 24.7 Å². The van der Waals surface area contributed by atoms with Gasteiger partial charge in [0.1, 0.15) is 10.1 Å². The van der Waals surface area contributed by atoms with Crippen molar-refractivity contribution in [1.29, 1.82) is 5.26 Å². The van der Waals surface area contributed by atoms with Gasteiger partial charge >= 0.3 is 5.97 Å². The zero-order valence-electron chi connectivity index (χ0n) is 9.02. The van der Waals surface area contributed by atoms with Crippen LogP contribution in [0.4, 0.5) is 8.78 Å². The SMILES string of the molecule is CC(C#N)S(=O)(=O)c1cc(C(=O)O)cc(F)c1F. The molecular formula is C10H7F2NO4S. The van der Waals surface area contributed by atoms with E-state index in [0.717, 1.165) is 6.92 Å². The number of sulfone groups is 1. The summed E-state index contributed by atoms with van der Waals surface area (Å²) in [5, 5.41) is 15.5. The van der Waals surface area contributed by atoms with Crippen molar-refractivity contribution >= 4 is 15.8 Å². The van der Waals surface area contributed by atoms with Gasteiger partial charge < -0.3 is 5.11 Å². The van der Waals surface area contributed by atoms with E-state index in [1.54, 1.807) is 0 Å². The lowest BCUT2D eigenvalue weighted by Crippen LogP contribution is -2.18. The highest BCUT2D eigenvalue weighted by Gasteiger charge is 2.29. The van der Waals surface area contributed by atoms with Crippen molar-refractivity contribution in [2.45, 2.75) is 17.1 Å². The van der Waals surface area contributed by atoms with Crippen LogP contribution >= 0.6 is 0 Å². The highest BCUT2D eigenvalue weighted by molar-refractivity contribution is 7.92. The Balaban J connectivity index is 3.61. The number of carbonyl (C=O) groups is 1. The normalized spacial score (nSPS) is 12.8. The standard InChI is InChI=1S/C10H7F2NO4S/c1-5(4-13)18(16,17)8-3-6(10(14)15)2-7(11)9(8)12/h2-3,5H,1H3,(H,14,15). The minimum absolute atomic E-state index is 0.369. The van der Waals surface area contributed by atoms with E-state index in [0.29, 0.717) is 12.1 Å². The van der Waals surface area contributed by atoms with Gasteiger partial charge in [0.15, 0.2) is 21.5 Å².